The summed E-state index contributed by atoms with van der Waals surface area (Å²) in [4.78, 5) is 36.0. The maximum atomic E-state index is 12.2. The first kappa shape index (κ1) is 21.1. The van der Waals surface area contributed by atoms with Crippen LogP contribution in [0.2, 0.25) is 0 Å². The van der Waals surface area contributed by atoms with Gasteiger partial charge in [-0.25, -0.2) is 4.79 Å². The summed E-state index contributed by atoms with van der Waals surface area (Å²) in [5.74, 6) is -1.80. The largest absolute Gasteiger partial charge is 0.478 e. The maximum absolute atomic E-state index is 12.2. The number of nitrogens with zero attached hydrogens (tertiary/aromatic N) is 2. The van der Waals surface area contributed by atoms with Gasteiger partial charge in [0.1, 0.15) is 0 Å². The van der Waals surface area contributed by atoms with E-state index in [2.05, 4.69) is 5.32 Å². The molecule has 2 N–H and O–H groups in total. The van der Waals surface area contributed by atoms with Crippen molar-refractivity contribution < 1.29 is 19.6 Å². The van der Waals surface area contributed by atoms with Crippen LogP contribution >= 0.6 is 0 Å². The summed E-state index contributed by atoms with van der Waals surface area (Å²) in [5, 5.41) is 24.1. The summed E-state index contributed by atoms with van der Waals surface area (Å²) in [6, 6.07) is 5.63. The van der Waals surface area contributed by atoms with E-state index in [0.29, 0.717) is 36.2 Å². The van der Waals surface area contributed by atoms with Gasteiger partial charge in [-0.15, -0.1) is 0 Å². The number of carbonyl (C=O) groups is 2. The van der Waals surface area contributed by atoms with Gasteiger partial charge in [-0.3, -0.25) is 14.9 Å². The quantitative estimate of drug-likeness (QED) is 0.401. The smallest absolute Gasteiger partial charge is 0.334 e. The molecule has 28 heavy (non-hydrogen) atoms. The van der Waals surface area contributed by atoms with Crippen molar-refractivity contribution in [3.8, 4) is 0 Å². The molecule has 1 aliphatic heterocycles. The lowest BCUT2D eigenvalue weighted by molar-refractivity contribution is -0.384. The van der Waals surface area contributed by atoms with Crippen molar-refractivity contribution in [1.29, 1.82) is 0 Å². The minimum atomic E-state index is -1.09. The zero-order chi connectivity index (χ0) is 21.0. The molecule has 1 amide bonds. The summed E-state index contributed by atoms with van der Waals surface area (Å²) in [7, 11) is 0. The summed E-state index contributed by atoms with van der Waals surface area (Å²) in [6.45, 7) is 7.48. The van der Waals surface area contributed by atoms with Crippen LogP contribution in [0.3, 0.4) is 0 Å². The van der Waals surface area contributed by atoms with E-state index in [1.165, 1.54) is 17.0 Å². The van der Waals surface area contributed by atoms with Crippen LogP contribution in [0.4, 0.5) is 5.69 Å². The number of carbonyl (C=O) groups excluding carboxylic acids is 1. The Kier molecular flexibility index (Phi) is 6.56. The molecule has 1 unspecified atom stereocenters. The second kappa shape index (κ2) is 8.69. The highest BCUT2D eigenvalue weighted by Crippen LogP contribution is 2.41. The van der Waals surface area contributed by atoms with Gasteiger partial charge < -0.3 is 15.3 Å². The molecular weight excluding hydrogens is 362 g/mol. The van der Waals surface area contributed by atoms with Crippen molar-refractivity contribution in [3.63, 3.8) is 0 Å². The van der Waals surface area contributed by atoms with Crippen molar-refractivity contribution >= 4 is 18.1 Å². The average molecular weight is 387 g/mol. The molecule has 0 saturated heterocycles. The number of aliphatic carboxylic acids is 1. The highest BCUT2D eigenvalue weighted by molar-refractivity contribution is 5.91. The number of benzene rings is 1. The van der Waals surface area contributed by atoms with Gasteiger partial charge in [0.2, 0.25) is 6.41 Å². The van der Waals surface area contributed by atoms with Crippen molar-refractivity contribution in [1.82, 2.24) is 10.2 Å². The van der Waals surface area contributed by atoms with Gasteiger partial charge >= 0.3 is 5.97 Å². The Balaban J connectivity index is 2.77. The number of hydrogen-bond acceptors (Lipinski definition) is 5. The average Bonchev–Trinajstić information content (AvgIpc) is 2.67. The number of nitro benzene ring substituents is 1. The van der Waals surface area contributed by atoms with Crippen molar-refractivity contribution in [3.05, 3.63) is 62.6 Å². The van der Waals surface area contributed by atoms with E-state index in [9.17, 15) is 24.8 Å². The third kappa shape index (κ3) is 3.90. The number of hydrogen-bond donors (Lipinski definition) is 2. The number of nitro groups is 1. The van der Waals surface area contributed by atoms with Crippen molar-refractivity contribution in [2.24, 2.45) is 0 Å². The van der Waals surface area contributed by atoms with Crippen LogP contribution in [0.5, 0.6) is 0 Å². The van der Waals surface area contributed by atoms with Gasteiger partial charge in [-0.05, 0) is 32.3 Å². The van der Waals surface area contributed by atoms with Crippen LogP contribution in [-0.4, -0.2) is 33.4 Å². The van der Waals surface area contributed by atoms with Gasteiger partial charge in [0.25, 0.3) is 5.69 Å². The first-order valence-corrected chi connectivity index (χ1v) is 9.21. The van der Waals surface area contributed by atoms with E-state index in [1.807, 2.05) is 27.7 Å². The molecule has 0 aliphatic carbocycles. The Morgan fingerprint density at radius 1 is 1.25 bits per heavy atom. The number of nitrogens with one attached hydrogen (secondary N) is 1. The maximum Gasteiger partial charge on any atom is 0.334 e. The highest BCUT2D eigenvalue weighted by Gasteiger charge is 2.37. The number of amides is 1. The molecule has 2 rings (SSSR count). The number of carboxylic acid groups (broad SMARTS) is 1. The molecule has 1 aliphatic rings. The fourth-order valence-corrected chi connectivity index (χ4v) is 3.47. The van der Waals surface area contributed by atoms with Crippen molar-refractivity contribution in [2.75, 3.05) is 0 Å². The Morgan fingerprint density at radius 2 is 1.82 bits per heavy atom. The monoisotopic (exact) mass is 387 g/mol. The second-order valence-corrected chi connectivity index (χ2v) is 6.78. The molecule has 8 heteroatoms. The molecule has 0 spiro atoms. The Hall–Kier alpha value is -3.16. The van der Waals surface area contributed by atoms with Gasteiger partial charge in [-0.1, -0.05) is 26.0 Å². The van der Waals surface area contributed by atoms with Gasteiger partial charge in [-0.2, -0.15) is 0 Å². The van der Waals surface area contributed by atoms with Gasteiger partial charge in [0, 0.05) is 29.6 Å². The minimum absolute atomic E-state index is 0.0772. The van der Waals surface area contributed by atoms with Crippen LogP contribution in [0.1, 0.15) is 52.0 Å². The molecular formula is C20H25N3O5. The van der Waals surface area contributed by atoms with E-state index in [0.717, 1.165) is 5.70 Å². The summed E-state index contributed by atoms with van der Waals surface area (Å²) in [6.07, 6.45) is 1.75. The zero-order valence-corrected chi connectivity index (χ0v) is 16.4. The molecule has 0 aromatic heterocycles. The second-order valence-electron chi connectivity index (χ2n) is 6.78. The Morgan fingerprint density at radius 3 is 2.21 bits per heavy atom. The Bertz CT molecular complexity index is 840. The standard InChI is InChI=1S/C20H25N3O5/c1-5-15-18(20(25)26)17(13-7-9-14(10-8-13)23(27)28)19(16(6-2)21-15)22(11-24)12(3)4/h7-12,17,21H,5-6H2,1-4H3,(H,25,26). The Labute approximate surface area is 163 Å². The number of dihydropyridines is 1. The molecule has 150 valence electrons. The van der Waals surface area contributed by atoms with Crippen LogP contribution in [0, 0.1) is 10.1 Å². The van der Waals surface area contributed by atoms with Crippen LogP contribution in [0.25, 0.3) is 0 Å². The SMILES string of the molecule is CCC1=C(C(=O)O)C(c2ccc([N+](=O)[O-])cc2)C(N(C=O)C(C)C)=C(CC)N1. The fourth-order valence-electron chi connectivity index (χ4n) is 3.47. The molecule has 1 aromatic carbocycles. The topological polar surface area (TPSA) is 113 Å². The molecule has 1 heterocycles. The van der Waals surface area contributed by atoms with Gasteiger partial charge in [0.15, 0.2) is 0 Å². The third-order valence-electron chi connectivity index (χ3n) is 4.82. The summed E-state index contributed by atoms with van der Waals surface area (Å²) in [5.41, 5.74) is 2.57. The van der Waals surface area contributed by atoms with Crippen molar-refractivity contribution in [2.45, 2.75) is 52.5 Å². The normalized spacial score (nSPS) is 16.8. The van der Waals surface area contributed by atoms with E-state index >= 15 is 0 Å². The molecule has 1 atom stereocenters. The molecule has 0 radical (unpaired) electrons. The fraction of sp³-hybridized carbons (Fsp3) is 0.400. The molecule has 0 saturated carbocycles. The predicted molar refractivity (Wildman–Crippen MR) is 104 cm³/mol. The number of non-ortho nitro benzene ring substituents is 1. The van der Waals surface area contributed by atoms with E-state index in [1.54, 1.807) is 12.1 Å². The van der Waals surface area contributed by atoms with Crippen LogP contribution in [0.15, 0.2) is 46.9 Å². The van der Waals surface area contributed by atoms with Crippen LogP contribution in [-0.2, 0) is 9.59 Å². The van der Waals surface area contributed by atoms with E-state index < -0.39 is 16.8 Å². The first-order valence-electron chi connectivity index (χ1n) is 9.21. The highest BCUT2D eigenvalue weighted by atomic mass is 16.6. The summed E-state index contributed by atoms with van der Waals surface area (Å²) >= 11 is 0. The minimum Gasteiger partial charge on any atom is -0.478 e. The van der Waals surface area contributed by atoms with E-state index in [4.69, 9.17) is 0 Å². The summed E-state index contributed by atoms with van der Waals surface area (Å²) < 4.78 is 0. The lowest BCUT2D eigenvalue weighted by Crippen LogP contribution is -2.39. The van der Waals surface area contributed by atoms with Crippen LogP contribution < -0.4 is 5.32 Å². The predicted octanol–water partition coefficient (Wildman–Crippen LogP) is 3.52. The third-order valence-corrected chi connectivity index (χ3v) is 4.82. The number of allylic oxidation sites excluding steroid dienone is 3. The molecule has 8 nitrogen and oxygen atoms in total. The lowest BCUT2D eigenvalue weighted by atomic mass is 9.81. The number of rotatable bonds is 8. The lowest BCUT2D eigenvalue weighted by Gasteiger charge is -2.38. The molecule has 0 bridgehead atoms. The van der Waals surface area contributed by atoms with Gasteiger partial charge in [0.05, 0.1) is 22.1 Å². The molecule has 0 fully saturated rings. The number of carboxylic acids is 1. The molecule has 1 aromatic rings. The van der Waals surface area contributed by atoms with E-state index in [-0.39, 0.29) is 17.3 Å². The zero-order valence-electron chi connectivity index (χ0n) is 16.4. The first-order chi connectivity index (χ1) is 13.3.